The fraction of sp³-hybridized carbons (Fsp3) is 0.536. The zero-order chi connectivity index (χ0) is 32.7. The van der Waals surface area contributed by atoms with Gasteiger partial charge in [0, 0.05) is 29.3 Å². The fourth-order valence-electron chi connectivity index (χ4n) is 5.78. The van der Waals surface area contributed by atoms with Crippen molar-refractivity contribution < 1.29 is 46.7 Å². The topological polar surface area (TPSA) is 174 Å². The number of rotatable bonds is 8. The number of halogens is 3. The number of likely N-dealkylation sites (tertiary alicyclic amines) is 1. The highest BCUT2D eigenvalue weighted by Crippen LogP contribution is 2.42. The van der Waals surface area contributed by atoms with Crippen molar-refractivity contribution in [2.45, 2.75) is 81.1 Å². The summed E-state index contributed by atoms with van der Waals surface area (Å²) in [7, 11) is 0. The van der Waals surface area contributed by atoms with E-state index in [9.17, 15) is 37.1 Å². The van der Waals surface area contributed by atoms with Crippen LogP contribution in [0, 0.1) is 0 Å². The first-order chi connectivity index (χ1) is 21.9. The quantitative estimate of drug-likeness (QED) is 0.104. The minimum absolute atomic E-state index is 0.0278. The molecule has 0 radical (unpaired) electrons. The zero-order valence-electron chi connectivity index (χ0n) is 24.2. The van der Waals surface area contributed by atoms with Crippen molar-refractivity contribution in [1.29, 1.82) is 0 Å². The lowest BCUT2D eigenvalue weighted by Crippen LogP contribution is -2.71. The third-order valence-corrected chi connectivity index (χ3v) is 10.2. The smallest absolute Gasteiger partial charge is 0.392 e. The number of alkyl halides is 3. The van der Waals surface area contributed by atoms with Crippen molar-refractivity contribution in [3.05, 3.63) is 34.0 Å². The fourth-order valence-corrected chi connectivity index (χ4v) is 7.63. The number of thiazole rings is 1. The second-order valence-electron chi connectivity index (χ2n) is 11.4. The third-order valence-electron chi connectivity index (χ3n) is 8.19. The van der Waals surface area contributed by atoms with Gasteiger partial charge in [0.1, 0.15) is 28.9 Å². The maximum absolute atomic E-state index is 13.5. The van der Waals surface area contributed by atoms with Gasteiger partial charge < -0.3 is 25.5 Å². The molecule has 46 heavy (non-hydrogen) atoms. The Balaban J connectivity index is 1.26. The second kappa shape index (κ2) is 12.7. The number of allylic oxidation sites excluding steroid dienone is 1. The molecule has 4 heterocycles. The molecule has 18 heteroatoms. The number of carbonyl (C=O) groups excluding carboxylic acids is 5. The van der Waals surface area contributed by atoms with Gasteiger partial charge in [-0.1, -0.05) is 5.16 Å². The van der Waals surface area contributed by atoms with Gasteiger partial charge in [0.25, 0.3) is 11.8 Å². The number of β-lactam (4-membered cyclic amide) rings is 1. The number of thioether (sulfide) groups is 1. The standard InChI is InChI=1S/C28H29F3N6O7S2/c29-28(30,31)26(42)43-25(41)20-14(10-13-4-3-9-36(22(13)39)15-7-8-15)11-45-24-19(23(40)37(20)24)34-21(38)18(17-12-46-27(32)33-17)35-44-16-5-1-2-6-16/h10,12,15-16,19,24H,1-9,11H2,(H2,32,33)(H,34,38)/b13-10?,35-18-/t19-,24-/m1/s1. The molecular formula is C28H29F3N6O7S2. The van der Waals surface area contributed by atoms with Gasteiger partial charge in [-0.2, -0.15) is 13.2 Å². The number of hydrogen-bond acceptors (Lipinski definition) is 12. The van der Waals surface area contributed by atoms with Crippen LogP contribution < -0.4 is 11.1 Å². The van der Waals surface area contributed by atoms with Gasteiger partial charge in [-0.3, -0.25) is 19.3 Å². The van der Waals surface area contributed by atoms with Crippen LogP contribution in [0.3, 0.4) is 0 Å². The van der Waals surface area contributed by atoms with Crippen LogP contribution in [0.4, 0.5) is 18.3 Å². The predicted molar refractivity (Wildman–Crippen MR) is 158 cm³/mol. The van der Waals surface area contributed by atoms with E-state index >= 15 is 0 Å². The Morgan fingerprint density at radius 2 is 1.87 bits per heavy atom. The summed E-state index contributed by atoms with van der Waals surface area (Å²) in [6.45, 7) is 0.572. The monoisotopic (exact) mass is 682 g/mol. The number of ether oxygens (including phenoxy) is 1. The number of carbonyl (C=O) groups is 5. The van der Waals surface area contributed by atoms with Crippen molar-refractivity contribution in [1.82, 2.24) is 20.1 Å². The van der Waals surface area contributed by atoms with Crippen molar-refractivity contribution >= 4 is 63.6 Å². The molecular weight excluding hydrogens is 653 g/mol. The highest BCUT2D eigenvalue weighted by atomic mass is 32.2. The Morgan fingerprint density at radius 3 is 2.52 bits per heavy atom. The van der Waals surface area contributed by atoms with Crippen molar-refractivity contribution in [2.24, 2.45) is 5.16 Å². The molecule has 0 unspecified atom stereocenters. The number of oxime groups is 1. The SMILES string of the molecule is Nc1nc(/C(=N/OC2CCCC2)C(=O)N[C@@H]2C(=O)N3C(C(=O)OC(=O)C(F)(F)F)=C(C=C4CCCN(C5CC5)C4=O)CS[C@H]23)cs1. The molecule has 0 aromatic carbocycles. The Hall–Kier alpha value is -3.93. The summed E-state index contributed by atoms with van der Waals surface area (Å²) >= 11 is 2.19. The maximum Gasteiger partial charge on any atom is 0.491 e. The highest BCUT2D eigenvalue weighted by molar-refractivity contribution is 8.00. The number of hydrogen-bond donors (Lipinski definition) is 2. The molecule has 5 aliphatic rings. The van der Waals surface area contributed by atoms with Gasteiger partial charge in [0.2, 0.25) is 5.91 Å². The van der Waals surface area contributed by atoms with Gasteiger partial charge in [-0.15, -0.1) is 23.1 Å². The number of esters is 2. The summed E-state index contributed by atoms with van der Waals surface area (Å²) in [4.78, 5) is 76.9. The van der Waals surface area contributed by atoms with E-state index in [1.165, 1.54) is 11.5 Å². The Kier molecular flexibility index (Phi) is 8.84. The first kappa shape index (κ1) is 32.0. The summed E-state index contributed by atoms with van der Waals surface area (Å²) in [5, 5.41) is 7.32. The summed E-state index contributed by atoms with van der Waals surface area (Å²) in [5.74, 6) is -6.37. The van der Waals surface area contributed by atoms with E-state index in [-0.39, 0.29) is 45.9 Å². The van der Waals surface area contributed by atoms with E-state index in [0.29, 0.717) is 25.0 Å². The molecule has 246 valence electrons. The first-order valence-electron chi connectivity index (χ1n) is 14.7. The number of fused-ring (bicyclic) bond motifs is 1. The average Bonchev–Trinajstić information content (AvgIpc) is 3.54. The number of amides is 3. The number of nitrogens with one attached hydrogen (secondary N) is 1. The Morgan fingerprint density at radius 1 is 1.13 bits per heavy atom. The van der Waals surface area contributed by atoms with Crippen LogP contribution >= 0.6 is 23.1 Å². The van der Waals surface area contributed by atoms with Crippen LogP contribution in [0.2, 0.25) is 0 Å². The molecule has 13 nitrogen and oxygen atoms in total. The lowest BCUT2D eigenvalue weighted by molar-refractivity contribution is -0.201. The van der Waals surface area contributed by atoms with Crippen LogP contribution in [0.15, 0.2) is 33.5 Å². The van der Waals surface area contributed by atoms with Crippen LogP contribution in [0.5, 0.6) is 0 Å². The van der Waals surface area contributed by atoms with Gasteiger partial charge in [-0.05, 0) is 63.0 Å². The van der Waals surface area contributed by atoms with E-state index in [1.807, 2.05) is 0 Å². The molecule has 2 saturated heterocycles. The minimum atomic E-state index is -5.47. The molecule has 2 atom stereocenters. The summed E-state index contributed by atoms with van der Waals surface area (Å²) in [5.41, 5.74) is 5.45. The van der Waals surface area contributed by atoms with Gasteiger partial charge >= 0.3 is 18.1 Å². The van der Waals surface area contributed by atoms with E-state index in [2.05, 4.69) is 20.2 Å². The van der Waals surface area contributed by atoms with E-state index in [4.69, 9.17) is 10.6 Å². The molecule has 3 N–H and O–H groups in total. The average molecular weight is 683 g/mol. The summed E-state index contributed by atoms with van der Waals surface area (Å²) in [6, 6.07) is -1.09. The molecule has 1 aromatic rings. The lowest BCUT2D eigenvalue weighted by Gasteiger charge is -2.49. The van der Waals surface area contributed by atoms with E-state index < -0.39 is 47.0 Å². The maximum atomic E-state index is 13.5. The molecule has 0 spiro atoms. The summed E-state index contributed by atoms with van der Waals surface area (Å²) in [6.07, 6.45) is 1.94. The van der Waals surface area contributed by atoms with Gasteiger partial charge in [-0.25, -0.2) is 14.6 Å². The first-order valence-corrected chi connectivity index (χ1v) is 16.6. The molecule has 2 aliphatic carbocycles. The number of nitrogens with two attached hydrogens (primary N) is 1. The second-order valence-corrected chi connectivity index (χ2v) is 13.4. The normalized spacial score (nSPS) is 25.0. The lowest BCUT2D eigenvalue weighted by atomic mass is 9.98. The highest BCUT2D eigenvalue weighted by Gasteiger charge is 2.55. The molecule has 1 aromatic heterocycles. The van der Waals surface area contributed by atoms with Crippen LogP contribution in [0.1, 0.15) is 57.1 Å². The largest absolute Gasteiger partial charge is 0.491 e. The third kappa shape index (κ3) is 6.49. The van der Waals surface area contributed by atoms with Crippen molar-refractivity contribution in [3.8, 4) is 0 Å². The van der Waals surface area contributed by atoms with E-state index in [1.54, 1.807) is 4.90 Å². The van der Waals surface area contributed by atoms with Crippen LogP contribution in [0.25, 0.3) is 0 Å². The molecule has 2 saturated carbocycles. The van der Waals surface area contributed by atoms with Crippen molar-refractivity contribution in [2.75, 3.05) is 18.0 Å². The molecule has 4 fully saturated rings. The Labute approximate surface area is 268 Å². The number of nitrogens with zero attached hydrogens (tertiary/aromatic N) is 4. The Bertz CT molecular complexity index is 1560. The number of piperidine rings is 1. The minimum Gasteiger partial charge on any atom is -0.392 e. The molecule has 3 aliphatic heterocycles. The molecule has 3 amide bonds. The number of nitrogen functional groups attached to an aromatic ring is 1. The molecule has 6 rings (SSSR count). The molecule has 0 bridgehead atoms. The van der Waals surface area contributed by atoms with Crippen LogP contribution in [-0.4, -0.2) is 92.2 Å². The number of anilines is 1. The number of aromatic nitrogens is 1. The predicted octanol–water partition coefficient (Wildman–Crippen LogP) is 2.39. The summed E-state index contributed by atoms with van der Waals surface area (Å²) < 4.78 is 43.1. The van der Waals surface area contributed by atoms with Crippen LogP contribution in [-0.2, 0) is 33.5 Å². The van der Waals surface area contributed by atoms with Crippen molar-refractivity contribution in [3.63, 3.8) is 0 Å². The zero-order valence-corrected chi connectivity index (χ0v) is 25.8. The van der Waals surface area contributed by atoms with Gasteiger partial charge in [0.05, 0.1) is 0 Å². The van der Waals surface area contributed by atoms with E-state index in [0.717, 1.165) is 66.5 Å². The van der Waals surface area contributed by atoms with Gasteiger partial charge in [0.15, 0.2) is 10.8 Å².